The van der Waals surface area contributed by atoms with Crippen LogP contribution in [0.2, 0.25) is 0 Å². The fourth-order valence-corrected chi connectivity index (χ4v) is 0.984. The van der Waals surface area contributed by atoms with E-state index in [0.29, 0.717) is 12.2 Å². The van der Waals surface area contributed by atoms with Gasteiger partial charge in [-0.3, -0.25) is 4.98 Å². The van der Waals surface area contributed by atoms with E-state index in [9.17, 15) is 0 Å². The molecule has 70 valence electrons. The van der Waals surface area contributed by atoms with Crippen LogP contribution in [-0.2, 0) is 11.3 Å². The van der Waals surface area contributed by atoms with Crippen LogP contribution in [0.3, 0.4) is 0 Å². The first-order valence-corrected chi connectivity index (χ1v) is 3.90. The maximum Gasteiger partial charge on any atom is 0.0884 e. The van der Waals surface area contributed by atoms with Crippen LogP contribution in [-0.4, -0.2) is 29.5 Å². The number of ether oxygens (including phenoxy) is 1. The smallest absolute Gasteiger partial charge is 0.0884 e. The largest absolute Gasteiger partial charge is 0.390 e. The number of rotatable bonds is 4. The Balaban J connectivity index is 2.85. The van der Waals surface area contributed by atoms with Crippen LogP contribution in [0.1, 0.15) is 11.3 Å². The van der Waals surface area contributed by atoms with Crippen molar-refractivity contribution in [3.63, 3.8) is 0 Å². The van der Waals surface area contributed by atoms with Gasteiger partial charge in [0.05, 0.1) is 24.6 Å². The molecule has 2 N–H and O–H groups in total. The normalized spacial score (nSPS) is 10.0. The summed E-state index contributed by atoms with van der Waals surface area (Å²) >= 11 is 0. The van der Waals surface area contributed by atoms with E-state index >= 15 is 0 Å². The van der Waals surface area contributed by atoms with Gasteiger partial charge in [0.1, 0.15) is 0 Å². The van der Waals surface area contributed by atoms with Gasteiger partial charge in [0.2, 0.25) is 0 Å². The molecular weight excluding hydrogens is 168 g/mol. The van der Waals surface area contributed by atoms with Crippen molar-refractivity contribution in [1.29, 1.82) is 5.41 Å². The van der Waals surface area contributed by atoms with Crippen LogP contribution in [0.15, 0.2) is 18.3 Å². The first-order chi connectivity index (χ1) is 6.27. The minimum absolute atomic E-state index is 0.194. The van der Waals surface area contributed by atoms with Gasteiger partial charge in [-0.25, -0.2) is 0 Å². The van der Waals surface area contributed by atoms with Gasteiger partial charge in [0, 0.05) is 18.9 Å². The SMILES string of the molecule is COCc1cc(C(=N)CO)ccn1. The highest BCUT2D eigenvalue weighted by atomic mass is 16.5. The number of aliphatic hydroxyl groups is 1. The van der Waals surface area contributed by atoms with Crippen LogP contribution in [0, 0.1) is 5.41 Å². The number of nitrogens with zero attached hydrogens (tertiary/aromatic N) is 1. The third-order valence-corrected chi connectivity index (χ3v) is 1.62. The zero-order valence-corrected chi connectivity index (χ0v) is 7.45. The van der Waals surface area contributed by atoms with Crippen molar-refractivity contribution in [3.8, 4) is 0 Å². The van der Waals surface area contributed by atoms with Crippen molar-refractivity contribution in [3.05, 3.63) is 29.6 Å². The Morgan fingerprint density at radius 3 is 3.08 bits per heavy atom. The second-order valence-electron chi connectivity index (χ2n) is 2.61. The molecule has 0 aliphatic rings. The lowest BCUT2D eigenvalue weighted by molar-refractivity contribution is 0.181. The minimum atomic E-state index is -0.254. The molecule has 0 saturated heterocycles. The monoisotopic (exact) mass is 180 g/mol. The number of nitrogens with one attached hydrogen (secondary N) is 1. The van der Waals surface area contributed by atoms with Gasteiger partial charge >= 0.3 is 0 Å². The van der Waals surface area contributed by atoms with Crippen molar-refractivity contribution in [2.75, 3.05) is 13.7 Å². The second-order valence-corrected chi connectivity index (χ2v) is 2.61. The number of aromatic nitrogens is 1. The van der Waals surface area contributed by atoms with Crippen molar-refractivity contribution < 1.29 is 9.84 Å². The van der Waals surface area contributed by atoms with Crippen LogP contribution in [0.25, 0.3) is 0 Å². The van der Waals surface area contributed by atoms with Crippen LogP contribution in [0.4, 0.5) is 0 Å². The third-order valence-electron chi connectivity index (χ3n) is 1.62. The maximum atomic E-state index is 8.73. The molecule has 0 atom stereocenters. The van der Waals surface area contributed by atoms with Crippen LogP contribution < -0.4 is 0 Å². The number of hydrogen-bond donors (Lipinski definition) is 2. The summed E-state index contributed by atoms with van der Waals surface area (Å²) in [5, 5.41) is 16.1. The molecule has 13 heavy (non-hydrogen) atoms. The highest BCUT2D eigenvalue weighted by molar-refractivity contribution is 5.98. The molecule has 4 nitrogen and oxygen atoms in total. The third kappa shape index (κ3) is 2.61. The first-order valence-electron chi connectivity index (χ1n) is 3.90. The average molecular weight is 180 g/mol. The zero-order chi connectivity index (χ0) is 9.68. The Kier molecular flexibility index (Phi) is 3.54. The topological polar surface area (TPSA) is 66.2 Å². The van der Waals surface area contributed by atoms with Gasteiger partial charge in [0.15, 0.2) is 0 Å². The molecule has 0 radical (unpaired) electrons. The summed E-state index contributed by atoms with van der Waals surface area (Å²) in [4.78, 5) is 4.04. The van der Waals surface area contributed by atoms with E-state index in [1.807, 2.05) is 0 Å². The fraction of sp³-hybridized carbons (Fsp3) is 0.333. The van der Waals surface area contributed by atoms with Crippen LogP contribution in [0.5, 0.6) is 0 Å². The molecule has 0 aliphatic carbocycles. The quantitative estimate of drug-likeness (QED) is 0.666. The number of hydrogen-bond acceptors (Lipinski definition) is 4. The standard InChI is InChI=1S/C9H12N2O2/c1-13-6-8-4-7(2-3-11-8)9(10)5-12/h2-4,10,12H,5-6H2,1H3. The highest BCUT2D eigenvalue weighted by Gasteiger charge is 2.01. The first kappa shape index (κ1) is 9.83. The van der Waals surface area contributed by atoms with Gasteiger partial charge in [-0.05, 0) is 12.1 Å². The molecule has 0 aromatic carbocycles. The van der Waals surface area contributed by atoms with Gasteiger partial charge in [-0.15, -0.1) is 0 Å². The lowest BCUT2D eigenvalue weighted by Crippen LogP contribution is -2.05. The summed E-state index contributed by atoms with van der Waals surface area (Å²) in [7, 11) is 1.59. The molecule has 0 bridgehead atoms. The van der Waals surface area contributed by atoms with E-state index < -0.39 is 0 Å². The van der Waals surface area contributed by atoms with E-state index in [2.05, 4.69) is 4.98 Å². The number of methoxy groups -OCH3 is 1. The summed E-state index contributed by atoms with van der Waals surface area (Å²) < 4.78 is 4.90. The van der Waals surface area contributed by atoms with Crippen LogP contribution >= 0.6 is 0 Å². The predicted octanol–water partition coefficient (Wildman–Crippen LogP) is 0.588. The molecule has 0 aliphatic heterocycles. The molecule has 4 heteroatoms. The summed E-state index contributed by atoms with van der Waals surface area (Å²) in [6, 6.07) is 3.43. The Hall–Kier alpha value is -1.26. The highest BCUT2D eigenvalue weighted by Crippen LogP contribution is 2.03. The average Bonchev–Trinajstić information content (AvgIpc) is 2.18. The number of pyridine rings is 1. The molecule has 1 rings (SSSR count). The Morgan fingerprint density at radius 1 is 1.69 bits per heavy atom. The van der Waals surface area contributed by atoms with Crippen molar-refractivity contribution in [1.82, 2.24) is 4.98 Å². The second kappa shape index (κ2) is 4.69. The summed E-state index contributed by atoms with van der Waals surface area (Å²) in [5.41, 5.74) is 1.64. The van der Waals surface area contributed by atoms with Crippen molar-refractivity contribution in [2.45, 2.75) is 6.61 Å². The summed E-state index contributed by atoms with van der Waals surface area (Å²) in [5.74, 6) is 0. The van der Waals surface area contributed by atoms with Gasteiger partial charge < -0.3 is 15.3 Å². The number of aliphatic hydroxyl groups excluding tert-OH is 1. The Labute approximate surface area is 76.7 Å². The Bertz CT molecular complexity index is 299. The predicted molar refractivity (Wildman–Crippen MR) is 48.9 cm³/mol. The lowest BCUT2D eigenvalue weighted by atomic mass is 10.1. The lowest BCUT2D eigenvalue weighted by Gasteiger charge is -2.02. The molecule has 0 fully saturated rings. The fourth-order valence-electron chi connectivity index (χ4n) is 0.984. The minimum Gasteiger partial charge on any atom is -0.390 e. The molecule has 1 aromatic rings. The molecule has 1 heterocycles. The molecular formula is C9H12N2O2. The van der Waals surface area contributed by atoms with Gasteiger partial charge in [-0.1, -0.05) is 0 Å². The zero-order valence-electron chi connectivity index (χ0n) is 7.45. The van der Waals surface area contributed by atoms with Gasteiger partial charge in [-0.2, -0.15) is 0 Å². The van der Waals surface area contributed by atoms with E-state index in [4.69, 9.17) is 15.3 Å². The van der Waals surface area contributed by atoms with E-state index in [1.165, 1.54) is 0 Å². The molecule has 0 saturated carbocycles. The van der Waals surface area contributed by atoms with E-state index in [-0.39, 0.29) is 12.3 Å². The molecule has 0 spiro atoms. The summed E-state index contributed by atoms with van der Waals surface area (Å²) in [6.07, 6.45) is 1.61. The Morgan fingerprint density at radius 2 is 2.46 bits per heavy atom. The van der Waals surface area contributed by atoms with Crippen molar-refractivity contribution in [2.24, 2.45) is 0 Å². The maximum absolute atomic E-state index is 8.73. The van der Waals surface area contributed by atoms with Crippen molar-refractivity contribution >= 4 is 5.71 Å². The molecule has 1 aromatic heterocycles. The molecule has 0 amide bonds. The van der Waals surface area contributed by atoms with E-state index in [0.717, 1.165) is 5.69 Å². The van der Waals surface area contributed by atoms with E-state index in [1.54, 1.807) is 25.4 Å². The summed E-state index contributed by atoms with van der Waals surface area (Å²) in [6.45, 7) is 0.170. The molecule has 0 unspecified atom stereocenters. The van der Waals surface area contributed by atoms with Gasteiger partial charge in [0.25, 0.3) is 0 Å².